The molecule has 0 unspecified atom stereocenters. The van der Waals surface area contributed by atoms with E-state index in [2.05, 4.69) is 118 Å². The number of aromatic nitrogens is 4. The van der Waals surface area contributed by atoms with Crippen LogP contribution in [-0.4, -0.2) is 19.3 Å². The second kappa shape index (κ2) is 15.0. The van der Waals surface area contributed by atoms with Gasteiger partial charge in [0.15, 0.2) is 0 Å². The monoisotopic (exact) mass is 825 g/mol. The van der Waals surface area contributed by atoms with Crippen LogP contribution in [-0.2, 0) is 33.9 Å². The number of rotatable bonds is 11. The summed E-state index contributed by atoms with van der Waals surface area (Å²) in [6.45, 7) is 10.7. The Bertz CT molecular complexity index is 2230. The molecular formula is C43H42N4OPt. The first kappa shape index (κ1) is 34.4. The van der Waals surface area contributed by atoms with Crippen molar-refractivity contribution in [3.63, 3.8) is 0 Å². The number of unbranched alkanes of at least 4 members (excludes halogenated alkanes) is 2. The van der Waals surface area contributed by atoms with Crippen LogP contribution >= 0.6 is 0 Å². The van der Waals surface area contributed by atoms with Crippen LogP contribution in [0.25, 0.3) is 44.4 Å². The van der Waals surface area contributed by atoms with Gasteiger partial charge in [-0.2, -0.15) is 16.7 Å². The average Bonchev–Trinajstić information content (AvgIpc) is 3.57. The van der Waals surface area contributed by atoms with E-state index in [1.165, 1.54) is 35.8 Å². The standard InChI is InChI=1S/C43H42N4O.Pt/c1-6-8-10-14-32-17-20-40-39(26-32)38-19-18-36(28-41(38)46(40)42-23-29(3)21-22-44-42)48-37-25-33(13-7-2)24-35(27-37)47-31(5)43(30(4)45-47)34-15-11-9-12-16-34;/h9,11-12,15-26H,6-8,10,13-14H2,1-5H3;/q-2;+2. The molecular weight excluding hydrogens is 784 g/mol. The Kier molecular flexibility index (Phi) is 10.5. The number of hydrogen-bond acceptors (Lipinski definition) is 3. The third-order valence-corrected chi connectivity index (χ3v) is 9.14. The van der Waals surface area contributed by atoms with Crippen LogP contribution in [0.1, 0.15) is 67.6 Å². The van der Waals surface area contributed by atoms with Crippen LogP contribution in [0.5, 0.6) is 11.5 Å². The Morgan fingerprint density at radius 3 is 2.35 bits per heavy atom. The topological polar surface area (TPSA) is 44.9 Å². The molecule has 0 fully saturated rings. The van der Waals surface area contributed by atoms with Gasteiger partial charge in [0.1, 0.15) is 5.82 Å². The first-order valence-corrected chi connectivity index (χ1v) is 17.2. The molecule has 250 valence electrons. The van der Waals surface area contributed by atoms with Crippen molar-refractivity contribution in [2.75, 3.05) is 0 Å². The van der Waals surface area contributed by atoms with E-state index >= 15 is 0 Å². The summed E-state index contributed by atoms with van der Waals surface area (Å²) in [5, 5.41) is 7.31. The summed E-state index contributed by atoms with van der Waals surface area (Å²) in [6, 6.07) is 37.1. The predicted octanol–water partition coefficient (Wildman–Crippen LogP) is 11.0. The molecule has 0 aliphatic heterocycles. The van der Waals surface area contributed by atoms with Gasteiger partial charge in [0, 0.05) is 34.5 Å². The molecule has 0 N–H and O–H groups in total. The van der Waals surface area contributed by atoms with E-state index in [0.29, 0.717) is 11.5 Å². The minimum absolute atomic E-state index is 0. The van der Waals surface area contributed by atoms with E-state index in [1.807, 2.05) is 29.1 Å². The van der Waals surface area contributed by atoms with Crippen LogP contribution in [0, 0.1) is 32.9 Å². The predicted molar refractivity (Wildman–Crippen MR) is 197 cm³/mol. The number of benzene rings is 4. The van der Waals surface area contributed by atoms with Crippen molar-refractivity contribution in [1.82, 2.24) is 19.3 Å². The third-order valence-electron chi connectivity index (χ3n) is 9.14. The Balaban J connectivity index is 0.00000417. The van der Waals surface area contributed by atoms with E-state index in [0.717, 1.165) is 75.3 Å². The molecule has 49 heavy (non-hydrogen) atoms. The molecule has 6 heteroatoms. The minimum atomic E-state index is 0. The van der Waals surface area contributed by atoms with Gasteiger partial charge >= 0.3 is 21.1 Å². The zero-order valence-corrected chi connectivity index (χ0v) is 31.2. The quantitative estimate of drug-likeness (QED) is 0.0964. The summed E-state index contributed by atoms with van der Waals surface area (Å²) in [6.07, 6.45) is 8.57. The van der Waals surface area contributed by atoms with Crippen LogP contribution in [0.4, 0.5) is 0 Å². The van der Waals surface area contributed by atoms with Crippen molar-refractivity contribution >= 4 is 21.8 Å². The number of hydrogen-bond donors (Lipinski definition) is 0. The molecule has 3 heterocycles. The van der Waals surface area contributed by atoms with Gasteiger partial charge in [0.2, 0.25) is 0 Å². The van der Waals surface area contributed by atoms with Crippen LogP contribution in [0.15, 0.2) is 91.1 Å². The van der Waals surface area contributed by atoms with Crippen LogP contribution < -0.4 is 4.74 Å². The summed E-state index contributed by atoms with van der Waals surface area (Å²) in [5.74, 6) is 2.16. The molecule has 0 spiro atoms. The van der Waals surface area contributed by atoms with Gasteiger partial charge in [-0.25, -0.2) is 4.98 Å². The zero-order chi connectivity index (χ0) is 33.2. The minimum Gasteiger partial charge on any atom is -0.509 e. The molecule has 0 aliphatic carbocycles. The molecule has 0 amide bonds. The maximum atomic E-state index is 6.61. The fourth-order valence-corrected chi connectivity index (χ4v) is 6.85. The number of fused-ring (bicyclic) bond motifs is 3. The number of aryl methyl sites for hydroxylation is 4. The summed E-state index contributed by atoms with van der Waals surface area (Å²) < 4.78 is 10.8. The summed E-state index contributed by atoms with van der Waals surface area (Å²) in [7, 11) is 0. The van der Waals surface area contributed by atoms with Crippen molar-refractivity contribution < 1.29 is 25.8 Å². The van der Waals surface area contributed by atoms with Gasteiger partial charge in [-0.05, 0) is 79.6 Å². The zero-order valence-electron chi connectivity index (χ0n) is 28.9. The molecule has 7 aromatic rings. The van der Waals surface area contributed by atoms with Crippen LogP contribution in [0.2, 0.25) is 0 Å². The van der Waals surface area contributed by atoms with Crippen LogP contribution in [0.3, 0.4) is 0 Å². The second-order valence-electron chi connectivity index (χ2n) is 12.8. The number of ether oxygens (including phenoxy) is 1. The molecule has 7 rings (SSSR count). The second-order valence-corrected chi connectivity index (χ2v) is 12.8. The molecule has 4 aromatic carbocycles. The Morgan fingerprint density at radius 2 is 1.57 bits per heavy atom. The summed E-state index contributed by atoms with van der Waals surface area (Å²) in [4.78, 5) is 4.78. The van der Waals surface area contributed by atoms with Gasteiger partial charge in [0.05, 0.1) is 5.69 Å². The van der Waals surface area contributed by atoms with Gasteiger partial charge in [-0.3, -0.25) is 4.68 Å². The molecule has 0 bridgehead atoms. The molecule has 0 aliphatic rings. The Labute approximate surface area is 304 Å². The Hall–Kier alpha value is -4.47. The van der Waals surface area contributed by atoms with E-state index in [9.17, 15) is 0 Å². The molecule has 0 saturated heterocycles. The van der Waals surface area contributed by atoms with Crippen molar-refractivity contribution in [2.24, 2.45) is 0 Å². The SMILES string of the molecule is CCCCCc1ccc2c(c1)c1ccc(Oc3[c-]c(-n4nc(C)c(-c5ccccc5)c4C)cc(CCC)c3)[c-]c1n2-c1cc(C)ccn1.[Pt+2]. The van der Waals surface area contributed by atoms with E-state index in [-0.39, 0.29) is 21.1 Å². The maximum Gasteiger partial charge on any atom is 2.00 e. The Morgan fingerprint density at radius 1 is 0.735 bits per heavy atom. The molecule has 0 saturated carbocycles. The van der Waals surface area contributed by atoms with Crippen molar-refractivity contribution in [3.05, 3.63) is 131 Å². The maximum absolute atomic E-state index is 6.61. The summed E-state index contributed by atoms with van der Waals surface area (Å²) in [5.41, 5.74) is 11.0. The fraction of sp³-hybridized carbons (Fsp3) is 0.256. The first-order valence-electron chi connectivity index (χ1n) is 17.2. The molecule has 3 aromatic heterocycles. The number of pyridine rings is 1. The van der Waals surface area contributed by atoms with E-state index in [1.54, 1.807) is 0 Å². The normalized spacial score (nSPS) is 11.3. The largest absolute Gasteiger partial charge is 2.00 e. The van der Waals surface area contributed by atoms with Gasteiger partial charge in [-0.15, -0.1) is 35.7 Å². The first-order chi connectivity index (χ1) is 23.4. The van der Waals surface area contributed by atoms with Gasteiger partial charge in [-0.1, -0.05) is 87.5 Å². The third kappa shape index (κ3) is 7.00. The number of nitrogens with zero attached hydrogens (tertiary/aromatic N) is 4. The van der Waals surface area contributed by atoms with Crippen molar-refractivity contribution in [3.8, 4) is 34.1 Å². The van der Waals surface area contributed by atoms with Gasteiger partial charge in [0.25, 0.3) is 0 Å². The van der Waals surface area contributed by atoms with Crippen molar-refractivity contribution in [2.45, 2.75) is 73.1 Å². The smallest absolute Gasteiger partial charge is 0.509 e. The van der Waals surface area contributed by atoms with Gasteiger partial charge < -0.3 is 9.30 Å². The van der Waals surface area contributed by atoms with E-state index in [4.69, 9.17) is 14.8 Å². The average molecular weight is 826 g/mol. The molecule has 5 nitrogen and oxygen atoms in total. The van der Waals surface area contributed by atoms with Crippen molar-refractivity contribution in [1.29, 1.82) is 0 Å². The van der Waals surface area contributed by atoms with E-state index < -0.39 is 0 Å². The molecule has 0 atom stereocenters. The fourth-order valence-electron chi connectivity index (χ4n) is 6.85. The molecule has 0 radical (unpaired) electrons. The summed E-state index contributed by atoms with van der Waals surface area (Å²) >= 11 is 0.